The number of hydrogen-bond donors (Lipinski definition) is 0. The fourth-order valence-corrected chi connectivity index (χ4v) is 3.27. The summed E-state index contributed by atoms with van der Waals surface area (Å²) in [5, 5.41) is 0. The third-order valence-electron chi connectivity index (χ3n) is 4.43. The van der Waals surface area contributed by atoms with Crippen molar-refractivity contribution in [1.29, 1.82) is 0 Å². The predicted molar refractivity (Wildman–Crippen MR) is 97.1 cm³/mol. The normalized spacial score (nSPS) is 17.1. The van der Waals surface area contributed by atoms with Crippen molar-refractivity contribution < 1.29 is 0 Å². The average Bonchev–Trinajstić information content (AvgIpc) is 3.09. The van der Waals surface area contributed by atoms with Gasteiger partial charge in [0, 0.05) is 11.9 Å². The summed E-state index contributed by atoms with van der Waals surface area (Å²) in [6.07, 6.45) is 3.34. The molecule has 3 aromatic carbocycles. The number of benzene rings is 3. The maximum atomic E-state index is 2.40. The molecule has 4 rings (SSSR count). The molecule has 0 fully saturated rings. The summed E-state index contributed by atoms with van der Waals surface area (Å²) in [7, 11) is 0. The zero-order chi connectivity index (χ0) is 15.5. The zero-order valence-corrected chi connectivity index (χ0v) is 13.0. The molecule has 1 atom stereocenters. The van der Waals surface area contributed by atoms with Gasteiger partial charge < -0.3 is 4.90 Å². The molecule has 0 radical (unpaired) electrons. The molecule has 23 heavy (non-hydrogen) atoms. The van der Waals surface area contributed by atoms with Crippen molar-refractivity contribution in [2.24, 2.45) is 0 Å². The lowest BCUT2D eigenvalue weighted by Gasteiger charge is -2.26. The lowest BCUT2D eigenvalue weighted by Crippen LogP contribution is -2.18. The van der Waals surface area contributed by atoms with Gasteiger partial charge in [-0.15, -0.1) is 0 Å². The second-order valence-corrected chi connectivity index (χ2v) is 5.89. The molecule has 1 heterocycles. The summed E-state index contributed by atoms with van der Waals surface area (Å²) < 4.78 is 0. The molecular weight excluding hydrogens is 278 g/mol. The summed E-state index contributed by atoms with van der Waals surface area (Å²) in [6, 6.07) is 32.5. The molecule has 0 N–H and O–H groups in total. The lowest BCUT2D eigenvalue weighted by molar-refractivity contribution is 0.748. The van der Waals surface area contributed by atoms with Crippen molar-refractivity contribution in [3.8, 4) is 0 Å². The second kappa shape index (κ2) is 6.13. The van der Waals surface area contributed by atoms with Crippen LogP contribution in [-0.2, 0) is 0 Å². The van der Waals surface area contributed by atoms with Crippen molar-refractivity contribution >= 4 is 11.3 Å². The molecule has 1 unspecified atom stereocenters. The van der Waals surface area contributed by atoms with E-state index >= 15 is 0 Å². The first kappa shape index (κ1) is 13.8. The van der Waals surface area contributed by atoms with E-state index in [1.54, 1.807) is 0 Å². The predicted octanol–water partition coefficient (Wildman–Crippen LogP) is 5.68. The Kier molecular flexibility index (Phi) is 3.69. The molecule has 0 amide bonds. The second-order valence-electron chi connectivity index (χ2n) is 5.89. The first-order valence-corrected chi connectivity index (χ1v) is 8.06. The topological polar surface area (TPSA) is 3.24 Å². The van der Waals surface area contributed by atoms with Crippen LogP contribution in [0.1, 0.15) is 23.6 Å². The Hall–Kier alpha value is -2.80. The van der Waals surface area contributed by atoms with Crippen LogP contribution in [0.3, 0.4) is 0 Å². The lowest BCUT2D eigenvalue weighted by atomic mass is 9.98. The molecular formula is C22H19N. The van der Waals surface area contributed by atoms with Gasteiger partial charge in [-0.2, -0.15) is 0 Å². The van der Waals surface area contributed by atoms with Gasteiger partial charge in [0.1, 0.15) is 0 Å². The quantitative estimate of drug-likeness (QED) is 0.601. The maximum Gasteiger partial charge on any atom is 0.0626 e. The molecule has 0 spiro atoms. The first-order valence-electron chi connectivity index (χ1n) is 8.06. The van der Waals surface area contributed by atoms with Crippen molar-refractivity contribution in [2.45, 2.75) is 12.5 Å². The minimum absolute atomic E-state index is 0.355. The van der Waals surface area contributed by atoms with E-state index in [0.29, 0.717) is 6.04 Å². The summed E-state index contributed by atoms with van der Waals surface area (Å²) >= 11 is 0. The third kappa shape index (κ3) is 2.78. The molecule has 0 aromatic heterocycles. The molecule has 112 valence electrons. The van der Waals surface area contributed by atoms with E-state index in [4.69, 9.17) is 0 Å². The number of anilines is 1. The van der Waals surface area contributed by atoms with Crippen LogP contribution in [0.15, 0.2) is 97.2 Å². The third-order valence-corrected chi connectivity index (χ3v) is 4.43. The van der Waals surface area contributed by atoms with Crippen LogP contribution in [0.5, 0.6) is 0 Å². The Morgan fingerprint density at radius 3 is 1.87 bits per heavy atom. The monoisotopic (exact) mass is 297 g/mol. The van der Waals surface area contributed by atoms with Crippen molar-refractivity contribution in [3.05, 3.63) is 108 Å². The highest BCUT2D eigenvalue weighted by atomic mass is 15.2. The minimum Gasteiger partial charge on any atom is -0.340 e. The fourth-order valence-electron chi connectivity index (χ4n) is 3.27. The molecule has 0 bridgehead atoms. The van der Waals surface area contributed by atoms with Gasteiger partial charge in [0.05, 0.1) is 6.04 Å². The molecule has 0 aliphatic carbocycles. The van der Waals surface area contributed by atoms with E-state index in [1.165, 1.54) is 22.4 Å². The molecule has 1 aliphatic heterocycles. The fraction of sp³-hybridized carbons (Fsp3) is 0.0909. The summed E-state index contributed by atoms with van der Waals surface area (Å²) in [5.41, 5.74) is 5.31. The van der Waals surface area contributed by atoms with Crippen molar-refractivity contribution in [3.63, 3.8) is 0 Å². The van der Waals surface area contributed by atoms with Gasteiger partial charge in [-0.1, -0.05) is 78.9 Å². The van der Waals surface area contributed by atoms with Crippen LogP contribution in [0.4, 0.5) is 5.69 Å². The largest absolute Gasteiger partial charge is 0.340 e. The number of para-hydroxylation sites is 1. The van der Waals surface area contributed by atoms with Gasteiger partial charge in [0.15, 0.2) is 0 Å². The highest BCUT2D eigenvalue weighted by Crippen LogP contribution is 2.41. The molecule has 3 aromatic rings. The molecule has 1 heteroatoms. The number of nitrogens with zero attached hydrogens (tertiary/aromatic N) is 1. The van der Waals surface area contributed by atoms with Crippen LogP contribution < -0.4 is 4.90 Å². The Balaban J connectivity index is 1.75. The van der Waals surface area contributed by atoms with Crippen LogP contribution in [0.25, 0.3) is 5.57 Å². The average molecular weight is 297 g/mol. The smallest absolute Gasteiger partial charge is 0.0626 e. The Morgan fingerprint density at radius 1 is 0.652 bits per heavy atom. The van der Waals surface area contributed by atoms with E-state index in [-0.39, 0.29) is 0 Å². The Labute approximate surface area is 137 Å². The summed E-state index contributed by atoms with van der Waals surface area (Å²) in [6.45, 7) is 0. The summed E-state index contributed by atoms with van der Waals surface area (Å²) in [5.74, 6) is 0. The van der Waals surface area contributed by atoms with Gasteiger partial charge in [-0.05, 0) is 35.3 Å². The van der Waals surface area contributed by atoms with E-state index in [0.717, 1.165) is 6.42 Å². The standard InChI is InChI=1S/C22H19N/c1-4-10-18(11-5-1)20-16-22(19-12-6-2-7-13-19)23(17-20)21-14-8-3-9-15-21/h1-15,17,22H,16H2. The van der Waals surface area contributed by atoms with E-state index in [2.05, 4.69) is 102 Å². The molecule has 1 aliphatic rings. The minimum atomic E-state index is 0.355. The Morgan fingerprint density at radius 2 is 1.22 bits per heavy atom. The van der Waals surface area contributed by atoms with Gasteiger partial charge in [-0.3, -0.25) is 0 Å². The van der Waals surface area contributed by atoms with Gasteiger partial charge in [-0.25, -0.2) is 0 Å². The van der Waals surface area contributed by atoms with Gasteiger partial charge in [0.25, 0.3) is 0 Å². The molecule has 1 nitrogen and oxygen atoms in total. The first-order chi connectivity index (χ1) is 11.4. The van der Waals surface area contributed by atoms with E-state index in [1.807, 2.05) is 0 Å². The maximum absolute atomic E-state index is 2.40. The highest BCUT2D eigenvalue weighted by Gasteiger charge is 2.27. The SMILES string of the molecule is C1=C(c2ccccc2)CC(c2ccccc2)N1c1ccccc1. The highest BCUT2D eigenvalue weighted by molar-refractivity contribution is 5.74. The van der Waals surface area contributed by atoms with Gasteiger partial charge in [0.2, 0.25) is 0 Å². The zero-order valence-electron chi connectivity index (χ0n) is 13.0. The van der Waals surface area contributed by atoms with E-state index < -0.39 is 0 Å². The molecule has 0 saturated carbocycles. The van der Waals surface area contributed by atoms with Crippen molar-refractivity contribution in [1.82, 2.24) is 0 Å². The van der Waals surface area contributed by atoms with Crippen LogP contribution in [0, 0.1) is 0 Å². The van der Waals surface area contributed by atoms with Crippen LogP contribution >= 0.6 is 0 Å². The number of hydrogen-bond acceptors (Lipinski definition) is 1. The Bertz CT molecular complexity index is 791. The van der Waals surface area contributed by atoms with Crippen LogP contribution in [-0.4, -0.2) is 0 Å². The van der Waals surface area contributed by atoms with Crippen molar-refractivity contribution in [2.75, 3.05) is 4.90 Å². The summed E-state index contributed by atoms with van der Waals surface area (Å²) in [4.78, 5) is 2.40. The van der Waals surface area contributed by atoms with Crippen LogP contribution in [0.2, 0.25) is 0 Å². The number of rotatable bonds is 3. The molecule has 0 saturated heterocycles. The van der Waals surface area contributed by atoms with Gasteiger partial charge >= 0.3 is 0 Å². The van der Waals surface area contributed by atoms with E-state index in [9.17, 15) is 0 Å².